The molecule has 1 saturated heterocycles. The van der Waals surface area contributed by atoms with Gasteiger partial charge in [-0.15, -0.1) is 0 Å². The van der Waals surface area contributed by atoms with Gasteiger partial charge in [0.15, 0.2) is 0 Å². The van der Waals surface area contributed by atoms with Crippen molar-refractivity contribution in [3.63, 3.8) is 0 Å². The molecule has 0 bridgehead atoms. The largest absolute Gasteiger partial charge is 0.444 e. The molecule has 5 heteroatoms. The van der Waals surface area contributed by atoms with Crippen LogP contribution in [0.3, 0.4) is 0 Å². The summed E-state index contributed by atoms with van der Waals surface area (Å²) in [5, 5.41) is 9.66. The normalized spacial score (nSPS) is 24.4. The maximum Gasteiger partial charge on any atom is 0.410 e. The van der Waals surface area contributed by atoms with Gasteiger partial charge in [-0.2, -0.15) is 5.26 Å². The Hall–Kier alpha value is -2.51. The average molecular weight is 451 g/mol. The molecule has 168 valence electrons. The molecule has 32 heavy (non-hydrogen) atoms. The summed E-state index contributed by atoms with van der Waals surface area (Å²) in [5.41, 5.74) is 2.85. The van der Waals surface area contributed by atoms with Crippen molar-refractivity contribution in [1.29, 1.82) is 5.26 Å². The van der Waals surface area contributed by atoms with Crippen LogP contribution in [0.4, 0.5) is 4.79 Å². The van der Waals surface area contributed by atoms with Crippen molar-refractivity contribution in [3.8, 4) is 6.07 Å². The smallest absolute Gasteiger partial charge is 0.410 e. The van der Waals surface area contributed by atoms with Crippen molar-refractivity contribution in [2.45, 2.75) is 58.5 Å². The number of rotatable bonds is 5. The van der Waals surface area contributed by atoms with Gasteiger partial charge in [-0.1, -0.05) is 48.0 Å². The van der Waals surface area contributed by atoms with Crippen LogP contribution in [0.5, 0.6) is 0 Å². The second-order valence-electron chi connectivity index (χ2n) is 10.5. The number of halogens is 1. The summed E-state index contributed by atoms with van der Waals surface area (Å²) in [6, 6.07) is 18.5. The number of amides is 1. The van der Waals surface area contributed by atoms with Gasteiger partial charge in [0.1, 0.15) is 11.7 Å². The molecular weight excluding hydrogens is 420 g/mol. The van der Waals surface area contributed by atoms with Crippen LogP contribution in [0.15, 0.2) is 48.5 Å². The fourth-order valence-corrected chi connectivity index (χ4v) is 5.65. The minimum atomic E-state index is -0.480. The first-order valence-corrected chi connectivity index (χ1v) is 11.7. The fraction of sp³-hybridized carbons (Fsp3) is 0.481. The van der Waals surface area contributed by atoms with Gasteiger partial charge < -0.3 is 9.64 Å². The molecule has 1 saturated carbocycles. The lowest BCUT2D eigenvalue weighted by Crippen LogP contribution is -2.36. The SMILES string of the molecule is CC(C)(C)OC(=O)N1CC[C@@]2(C1)C[C@@]2(CCc1ccc(C#N)c(Cl)c1)Cc1ccccc1. The van der Waals surface area contributed by atoms with Crippen molar-refractivity contribution < 1.29 is 9.53 Å². The summed E-state index contributed by atoms with van der Waals surface area (Å²) < 4.78 is 5.64. The highest BCUT2D eigenvalue weighted by Crippen LogP contribution is 2.71. The molecule has 1 spiro atoms. The maximum atomic E-state index is 12.7. The second kappa shape index (κ2) is 8.45. The zero-order chi connectivity index (χ0) is 23.0. The summed E-state index contributed by atoms with van der Waals surface area (Å²) in [6.07, 6.45) is 4.90. The highest BCUT2D eigenvalue weighted by Gasteiger charge is 2.68. The van der Waals surface area contributed by atoms with Crippen LogP contribution in [0.1, 0.15) is 56.7 Å². The van der Waals surface area contributed by atoms with Crippen LogP contribution in [-0.4, -0.2) is 29.7 Å². The number of aryl methyl sites for hydroxylation is 1. The predicted octanol–water partition coefficient (Wildman–Crippen LogP) is 6.40. The molecule has 2 atom stereocenters. The van der Waals surface area contributed by atoms with E-state index in [0.29, 0.717) is 10.6 Å². The summed E-state index contributed by atoms with van der Waals surface area (Å²) in [4.78, 5) is 14.6. The molecule has 1 heterocycles. The van der Waals surface area contributed by atoms with E-state index in [1.54, 1.807) is 0 Å². The van der Waals surface area contributed by atoms with Gasteiger partial charge in [0, 0.05) is 13.1 Å². The average Bonchev–Trinajstić information content (AvgIpc) is 3.10. The molecule has 0 radical (unpaired) electrons. The zero-order valence-electron chi connectivity index (χ0n) is 19.2. The minimum absolute atomic E-state index is 0.149. The van der Waals surface area contributed by atoms with Crippen LogP contribution in [0.2, 0.25) is 5.02 Å². The van der Waals surface area contributed by atoms with Crippen LogP contribution in [-0.2, 0) is 17.6 Å². The molecule has 2 aromatic carbocycles. The zero-order valence-corrected chi connectivity index (χ0v) is 19.9. The van der Waals surface area contributed by atoms with E-state index in [1.165, 1.54) is 5.56 Å². The Morgan fingerprint density at radius 1 is 1.19 bits per heavy atom. The molecule has 1 amide bonds. The first-order valence-electron chi connectivity index (χ1n) is 11.4. The van der Waals surface area contributed by atoms with Crippen molar-refractivity contribution >= 4 is 17.7 Å². The molecule has 0 aromatic heterocycles. The number of hydrogen-bond acceptors (Lipinski definition) is 3. The topological polar surface area (TPSA) is 53.3 Å². The second-order valence-corrected chi connectivity index (χ2v) is 10.9. The first kappa shape index (κ1) is 22.7. The number of nitriles is 1. The van der Waals surface area contributed by atoms with E-state index in [0.717, 1.165) is 50.8 Å². The third kappa shape index (κ3) is 4.64. The Kier molecular flexibility index (Phi) is 5.98. The Morgan fingerprint density at radius 3 is 2.59 bits per heavy atom. The summed E-state index contributed by atoms with van der Waals surface area (Å²) in [6.45, 7) is 7.26. The minimum Gasteiger partial charge on any atom is -0.444 e. The van der Waals surface area contributed by atoms with Gasteiger partial charge in [-0.25, -0.2) is 4.79 Å². The first-order chi connectivity index (χ1) is 15.2. The molecule has 0 N–H and O–H groups in total. The van der Waals surface area contributed by atoms with Gasteiger partial charge >= 0.3 is 6.09 Å². The number of benzene rings is 2. The number of nitrogens with zero attached hydrogens (tertiary/aromatic N) is 2. The molecule has 2 aromatic rings. The third-order valence-corrected chi connectivity index (χ3v) is 7.43. The molecule has 2 fully saturated rings. The molecule has 1 aliphatic heterocycles. The number of likely N-dealkylation sites (tertiary alicyclic amines) is 1. The predicted molar refractivity (Wildman–Crippen MR) is 127 cm³/mol. The van der Waals surface area contributed by atoms with Gasteiger partial charge in [0.05, 0.1) is 10.6 Å². The highest BCUT2D eigenvalue weighted by molar-refractivity contribution is 6.31. The van der Waals surface area contributed by atoms with E-state index >= 15 is 0 Å². The van der Waals surface area contributed by atoms with Gasteiger partial charge in [-0.3, -0.25) is 0 Å². The maximum absolute atomic E-state index is 12.7. The van der Waals surface area contributed by atoms with Gasteiger partial charge in [0.25, 0.3) is 0 Å². The van der Waals surface area contributed by atoms with Crippen molar-refractivity contribution in [2.75, 3.05) is 13.1 Å². The molecule has 1 aliphatic carbocycles. The van der Waals surface area contributed by atoms with E-state index in [4.69, 9.17) is 21.6 Å². The lowest BCUT2D eigenvalue weighted by molar-refractivity contribution is 0.0281. The van der Waals surface area contributed by atoms with Crippen LogP contribution in [0, 0.1) is 22.2 Å². The number of ether oxygens (including phenoxy) is 1. The van der Waals surface area contributed by atoms with Crippen molar-refractivity contribution in [1.82, 2.24) is 4.90 Å². The summed E-state index contributed by atoms with van der Waals surface area (Å²) in [5.74, 6) is 0. The Labute approximate surface area is 196 Å². The van der Waals surface area contributed by atoms with E-state index in [1.807, 2.05) is 43.9 Å². The quantitative estimate of drug-likeness (QED) is 0.529. The van der Waals surface area contributed by atoms with Crippen LogP contribution in [0.25, 0.3) is 0 Å². The van der Waals surface area contributed by atoms with Crippen LogP contribution < -0.4 is 0 Å². The van der Waals surface area contributed by atoms with Crippen molar-refractivity contribution in [3.05, 3.63) is 70.2 Å². The molecule has 0 unspecified atom stereocenters. The Balaban J connectivity index is 1.51. The summed E-state index contributed by atoms with van der Waals surface area (Å²) >= 11 is 6.27. The molecule has 4 rings (SSSR count). The monoisotopic (exact) mass is 450 g/mol. The Bertz CT molecular complexity index is 1040. The van der Waals surface area contributed by atoms with E-state index < -0.39 is 5.60 Å². The Morgan fingerprint density at radius 2 is 1.94 bits per heavy atom. The standard InChI is InChI=1S/C27H31ClN2O2/c1-25(2,3)32-24(31)30-14-13-27(19-30)18-26(27,16-21-7-5-4-6-8-21)12-11-20-9-10-22(17-29)23(28)15-20/h4-10,15H,11-14,16,18-19H2,1-3H3/t26-,27+/m1/s1. The van der Waals surface area contributed by atoms with Crippen molar-refractivity contribution in [2.24, 2.45) is 10.8 Å². The fourth-order valence-electron chi connectivity index (χ4n) is 5.40. The highest BCUT2D eigenvalue weighted by atomic mass is 35.5. The summed E-state index contributed by atoms with van der Waals surface area (Å²) in [7, 11) is 0. The molecular formula is C27H31ClN2O2. The number of carbonyl (C=O) groups excluding carboxylic acids is 1. The number of hydrogen-bond donors (Lipinski definition) is 0. The molecule has 2 aliphatic rings. The lowest BCUT2D eigenvalue weighted by atomic mass is 9.81. The van der Waals surface area contributed by atoms with E-state index in [9.17, 15) is 4.79 Å². The van der Waals surface area contributed by atoms with Gasteiger partial charge in [-0.05, 0) is 87.0 Å². The number of carbonyl (C=O) groups is 1. The lowest BCUT2D eigenvalue weighted by Gasteiger charge is -2.26. The van der Waals surface area contributed by atoms with Crippen LogP contribution >= 0.6 is 11.6 Å². The van der Waals surface area contributed by atoms with E-state index in [-0.39, 0.29) is 16.9 Å². The molecule has 4 nitrogen and oxygen atoms in total. The van der Waals surface area contributed by atoms with E-state index in [2.05, 4.69) is 36.4 Å². The third-order valence-electron chi connectivity index (χ3n) is 7.11. The van der Waals surface area contributed by atoms with Gasteiger partial charge in [0.2, 0.25) is 0 Å².